The van der Waals surface area contributed by atoms with Crippen LogP contribution in [0.4, 0.5) is 0 Å². The van der Waals surface area contributed by atoms with Gasteiger partial charge in [-0.2, -0.15) is 0 Å². The molecule has 0 bridgehead atoms. The summed E-state index contributed by atoms with van der Waals surface area (Å²) in [6, 6.07) is 10.2. The van der Waals surface area contributed by atoms with Gasteiger partial charge in [-0.05, 0) is 24.1 Å². The fourth-order valence-electron chi connectivity index (χ4n) is 0.860. The van der Waals surface area contributed by atoms with Gasteiger partial charge in [0.2, 0.25) is 5.75 Å². The Morgan fingerprint density at radius 3 is 2.23 bits per heavy atom. The first kappa shape index (κ1) is 12.1. The van der Waals surface area contributed by atoms with Gasteiger partial charge in [-0.25, -0.2) is 0 Å². The van der Waals surface area contributed by atoms with E-state index in [1.54, 1.807) is 7.11 Å². The third kappa shape index (κ3) is 5.39. The van der Waals surface area contributed by atoms with Gasteiger partial charge in [0.05, 0.1) is 6.10 Å². The topological polar surface area (TPSA) is 26.3 Å². The van der Waals surface area contributed by atoms with Crippen molar-refractivity contribution in [3.8, 4) is 0 Å². The normalized spacial score (nSPS) is 11.0. The standard InChI is InChI=1S/C9H12O.CHClO/c1-8(10-2)9-6-4-3-5-7-9;2-1-3/h3-8H,1-2H3;1H. The molecule has 1 atom stereocenters. The van der Waals surface area contributed by atoms with Crippen LogP contribution in [0.25, 0.3) is 0 Å². The number of halogens is 1. The Morgan fingerprint density at radius 1 is 1.38 bits per heavy atom. The molecule has 0 spiro atoms. The second-order valence-electron chi connectivity index (χ2n) is 2.38. The van der Waals surface area contributed by atoms with Gasteiger partial charge >= 0.3 is 0 Å². The molecular weight excluding hydrogens is 188 g/mol. The first-order valence-corrected chi connectivity index (χ1v) is 4.31. The lowest BCUT2D eigenvalue weighted by Gasteiger charge is -2.07. The van der Waals surface area contributed by atoms with E-state index in [2.05, 4.69) is 23.7 Å². The summed E-state index contributed by atoms with van der Waals surface area (Å²) in [7, 11) is 1.72. The van der Waals surface area contributed by atoms with E-state index in [4.69, 9.17) is 9.53 Å². The maximum Gasteiger partial charge on any atom is 0.208 e. The second-order valence-corrected chi connectivity index (χ2v) is 2.56. The van der Waals surface area contributed by atoms with Crippen LogP contribution in [0, 0.1) is 0 Å². The number of hydrogen-bond donors (Lipinski definition) is 0. The van der Waals surface area contributed by atoms with E-state index >= 15 is 0 Å². The van der Waals surface area contributed by atoms with Crippen molar-refractivity contribution in [3.05, 3.63) is 35.9 Å². The van der Waals surface area contributed by atoms with E-state index in [-0.39, 0.29) is 11.8 Å². The highest BCUT2D eigenvalue weighted by Gasteiger charge is 1.99. The number of ether oxygens (including phenoxy) is 1. The summed E-state index contributed by atoms with van der Waals surface area (Å²) in [5.41, 5.74) is 1.23. The number of methoxy groups -OCH3 is 1. The molecule has 0 heterocycles. The van der Waals surface area contributed by atoms with Crippen molar-refractivity contribution >= 4 is 17.3 Å². The molecule has 72 valence electrons. The fourth-order valence-corrected chi connectivity index (χ4v) is 0.860. The van der Waals surface area contributed by atoms with Crippen LogP contribution in [-0.2, 0) is 9.53 Å². The molecule has 0 radical (unpaired) electrons. The second kappa shape index (κ2) is 7.77. The summed E-state index contributed by atoms with van der Waals surface area (Å²) in [6.45, 7) is 2.04. The van der Waals surface area contributed by atoms with Gasteiger partial charge in [0.1, 0.15) is 0 Å². The number of carbonyl (C=O) groups excluding carboxylic acids is 1. The van der Waals surface area contributed by atoms with Crippen LogP contribution in [0.15, 0.2) is 30.3 Å². The van der Waals surface area contributed by atoms with Crippen molar-refractivity contribution in [2.75, 3.05) is 7.11 Å². The predicted octanol–water partition coefficient (Wildman–Crippen LogP) is 2.81. The van der Waals surface area contributed by atoms with Crippen LogP contribution in [-0.4, -0.2) is 12.9 Å². The Balaban J connectivity index is 0.000000424. The Hall–Kier alpha value is -0.860. The lowest BCUT2D eigenvalue weighted by Crippen LogP contribution is -1.93. The zero-order valence-corrected chi connectivity index (χ0v) is 8.49. The van der Waals surface area contributed by atoms with Gasteiger partial charge in [-0.1, -0.05) is 30.3 Å². The molecule has 0 amide bonds. The van der Waals surface area contributed by atoms with Crippen LogP contribution in [0.3, 0.4) is 0 Å². The average molecular weight is 201 g/mol. The largest absolute Gasteiger partial charge is 0.377 e. The molecule has 0 aliphatic carbocycles. The lowest BCUT2D eigenvalue weighted by molar-refractivity contribution is 0.119. The van der Waals surface area contributed by atoms with Crippen LogP contribution in [0.5, 0.6) is 0 Å². The fraction of sp³-hybridized carbons (Fsp3) is 0.300. The molecule has 1 rings (SSSR count). The third-order valence-corrected chi connectivity index (χ3v) is 1.62. The monoisotopic (exact) mass is 200 g/mol. The molecule has 1 aromatic rings. The molecule has 1 aromatic carbocycles. The molecular formula is C10H13ClO2. The van der Waals surface area contributed by atoms with Crippen molar-refractivity contribution < 1.29 is 9.53 Å². The van der Waals surface area contributed by atoms with Gasteiger partial charge in [-0.15, -0.1) is 0 Å². The van der Waals surface area contributed by atoms with Crippen molar-refractivity contribution in [3.63, 3.8) is 0 Å². The maximum atomic E-state index is 8.57. The van der Waals surface area contributed by atoms with Crippen molar-refractivity contribution in [1.29, 1.82) is 0 Å². The molecule has 3 heteroatoms. The number of rotatable bonds is 2. The quantitative estimate of drug-likeness (QED) is 0.542. The highest BCUT2D eigenvalue weighted by Crippen LogP contribution is 2.13. The Bertz CT molecular complexity index is 224. The van der Waals surface area contributed by atoms with Gasteiger partial charge in [0, 0.05) is 7.11 Å². The minimum Gasteiger partial charge on any atom is -0.377 e. The summed E-state index contributed by atoms with van der Waals surface area (Å²) in [5.74, 6) is 0.222. The van der Waals surface area contributed by atoms with E-state index in [1.165, 1.54) is 5.56 Å². The number of hydrogen-bond acceptors (Lipinski definition) is 2. The molecule has 13 heavy (non-hydrogen) atoms. The molecule has 0 aliphatic rings. The predicted molar refractivity (Wildman–Crippen MR) is 54.5 cm³/mol. The first-order chi connectivity index (χ1) is 6.26. The first-order valence-electron chi connectivity index (χ1n) is 3.87. The Labute approximate surface area is 83.5 Å². The Morgan fingerprint density at radius 2 is 1.85 bits per heavy atom. The molecule has 1 unspecified atom stereocenters. The van der Waals surface area contributed by atoms with Crippen molar-refractivity contribution in [2.24, 2.45) is 0 Å². The molecule has 0 fully saturated rings. The Kier molecular flexibility index (Phi) is 7.26. The number of benzene rings is 1. The SMILES string of the molecule is COC(C)c1ccccc1.O=CCl. The summed E-state index contributed by atoms with van der Waals surface area (Å²) in [5, 5.41) is 0. The van der Waals surface area contributed by atoms with Gasteiger partial charge in [0.15, 0.2) is 0 Å². The van der Waals surface area contributed by atoms with E-state index in [9.17, 15) is 0 Å². The summed E-state index contributed by atoms with van der Waals surface area (Å²) in [6.07, 6.45) is 0.209. The van der Waals surface area contributed by atoms with Crippen LogP contribution < -0.4 is 0 Å². The molecule has 0 N–H and O–H groups in total. The highest BCUT2D eigenvalue weighted by molar-refractivity contribution is 6.54. The summed E-state index contributed by atoms with van der Waals surface area (Å²) < 4.78 is 5.14. The summed E-state index contributed by atoms with van der Waals surface area (Å²) >= 11 is 4.32. The number of carbonyl (C=O) groups is 1. The van der Waals surface area contributed by atoms with Crippen LogP contribution in [0.1, 0.15) is 18.6 Å². The van der Waals surface area contributed by atoms with E-state index in [0.29, 0.717) is 0 Å². The van der Waals surface area contributed by atoms with Gasteiger partial charge < -0.3 is 4.74 Å². The smallest absolute Gasteiger partial charge is 0.208 e. The minimum atomic E-state index is 0.209. The zero-order chi connectivity index (χ0) is 10.1. The molecule has 2 nitrogen and oxygen atoms in total. The average Bonchev–Trinajstić information content (AvgIpc) is 2.19. The highest BCUT2D eigenvalue weighted by atomic mass is 35.5. The van der Waals surface area contributed by atoms with Crippen LogP contribution in [0.2, 0.25) is 0 Å². The maximum absolute atomic E-state index is 8.57. The molecule has 0 aliphatic heterocycles. The van der Waals surface area contributed by atoms with E-state index in [0.717, 1.165) is 0 Å². The molecule has 0 saturated carbocycles. The van der Waals surface area contributed by atoms with Crippen molar-refractivity contribution in [1.82, 2.24) is 0 Å². The zero-order valence-electron chi connectivity index (χ0n) is 7.74. The third-order valence-electron chi connectivity index (χ3n) is 1.62. The summed E-state index contributed by atoms with van der Waals surface area (Å²) in [4.78, 5) is 8.57. The van der Waals surface area contributed by atoms with Crippen LogP contribution >= 0.6 is 11.6 Å². The molecule has 0 saturated heterocycles. The molecule has 0 aromatic heterocycles. The minimum absolute atomic E-state index is 0.209. The lowest BCUT2D eigenvalue weighted by atomic mass is 10.1. The van der Waals surface area contributed by atoms with E-state index < -0.39 is 0 Å². The van der Waals surface area contributed by atoms with E-state index in [1.807, 2.05) is 25.1 Å². The van der Waals surface area contributed by atoms with Gasteiger partial charge in [0.25, 0.3) is 0 Å². The van der Waals surface area contributed by atoms with Gasteiger partial charge in [-0.3, -0.25) is 4.79 Å². The van der Waals surface area contributed by atoms with Crippen molar-refractivity contribution in [2.45, 2.75) is 13.0 Å².